The topological polar surface area (TPSA) is 62.3 Å². The van der Waals surface area contributed by atoms with Gasteiger partial charge in [-0.1, -0.05) is 60.7 Å². The molecule has 5 nitrogen and oxygen atoms in total. The Morgan fingerprint density at radius 1 is 1.00 bits per heavy atom. The van der Waals surface area contributed by atoms with Crippen molar-refractivity contribution in [1.82, 2.24) is 9.88 Å². The minimum atomic E-state index is -0.533. The van der Waals surface area contributed by atoms with Crippen LogP contribution in [0.25, 0.3) is 0 Å². The Kier molecular flexibility index (Phi) is 6.67. The molecule has 1 heterocycles. The highest BCUT2D eigenvalue weighted by atomic mass is 32.1. The van der Waals surface area contributed by atoms with Crippen molar-refractivity contribution in [3.05, 3.63) is 82.9 Å². The van der Waals surface area contributed by atoms with Gasteiger partial charge in [-0.05, 0) is 38.8 Å². The second kappa shape index (κ2) is 9.22. The number of rotatable bonds is 6. The normalized spacial score (nSPS) is 11.4. The molecule has 0 aliphatic heterocycles. The van der Waals surface area contributed by atoms with E-state index >= 15 is 0 Å². The first-order valence-electron chi connectivity index (χ1n) is 9.89. The highest BCUT2D eigenvalue weighted by molar-refractivity contribution is 7.13. The molecule has 0 radical (unpaired) electrons. The summed E-state index contributed by atoms with van der Waals surface area (Å²) in [4.78, 5) is 32.5. The summed E-state index contributed by atoms with van der Waals surface area (Å²) in [5.74, 6) is -0.848. The van der Waals surface area contributed by atoms with Gasteiger partial charge in [-0.25, -0.2) is 4.98 Å². The second-order valence-electron chi connectivity index (χ2n) is 8.19. The van der Waals surface area contributed by atoms with Crippen molar-refractivity contribution in [2.45, 2.75) is 39.2 Å². The number of carbonyl (C=O) groups excluding carboxylic acids is 2. The highest BCUT2D eigenvalue weighted by Gasteiger charge is 2.35. The molecule has 2 amide bonds. The lowest BCUT2D eigenvalue weighted by Crippen LogP contribution is -2.51. The van der Waals surface area contributed by atoms with E-state index in [-0.39, 0.29) is 18.4 Å². The van der Waals surface area contributed by atoms with Crippen LogP contribution in [0.1, 0.15) is 43.5 Å². The number of benzene rings is 2. The van der Waals surface area contributed by atoms with E-state index in [9.17, 15) is 9.59 Å². The van der Waals surface area contributed by atoms with Gasteiger partial charge in [-0.3, -0.25) is 9.59 Å². The van der Waals surface area contributed by atoms with Gasteiger partial charge in [0.15, 0.2) is 5.13 Å². The van der Waals surface area contributed by atoms with Crippen LogP contribution in [0.5, 0.6) is 0 Å². The maximum Gasteiger partial charge on any atom is 0.245 e. The molecule has 6 heteroatoms. The fourth-order valence-electron chi connectivity index (χ4n) is 3.28. The van der Waals surface area contributed by atoms with Gasteiger partial charge in [-0.2, -0.15) is 0 Å². The van der Waals surface area contributed by atoms with Crippen molar-refractivity contribution >= 4 is 28.3 Å². The Morgan fingerprint density at radius 2 is 1.53 bits per heavy atom. The monoisotopic (exact) mass is 421 g/mol. The van der Waals surface area contributed by atoms with Gasteiger partial charge in [0, 0.05) is 10.9 Å². The third-order valence-electron chi connectivity index (χ3n) is 4.76. The van der Waals surface area contributed by atoms with Crippen molar-refractivity contribution in [3.8, 4) is 0 Å². The van der Waals surface area contributed by atoms with E-state index in [0.717, 1.165) is 16.8 Å². The SMILES string of the molecule is Cc1csc(NC(=O)CN(C(=O)C(c2ccccc2)c2ccccc2)C(C)(C)C)n1. The lowest BCUT2D eigenvalue weighted by Gasteiger charge is -2.37. The van der Waals surface area contributed by atoms with Crippen LogP contribution in [0.3, 0.4) is 0 Å². The summed E-state index contributed by atoms with van der Waals surface area (Å²) in [6.07, 6.45) is 0. The summed E-state index contributed by atoms with van der Waals surface area (Å²) >= 11 is 1.37. The van der Waals surface area contributed by atoms with Crippen LogP contribution in [0, 0.1) is 6.92 Å². The van der Waals surface area contributed by atoms with Crippen LogP contribution < -0.4 is 5.32 Å². The van der Waals surface area contributed by atoms with Crippen molar-refractivity contribution < 1.29 is 9.59 Å². The zero-order chi connectivity index (χ0) is 21.7. The number of aryl methyl sites for hydroxylation is 1. The van der Waals surface area contributed by atoms with E-state index in [1.807, 2.05) is 93.7 Å². The summed E-state index contributed by atoms with van der Waals surface area (Å²) in [5.41, 5.74) is 2.12. The number of aromatic nitrogens is 1. The first-order chi connectivity index (χ1) is 14.3. The number of thiazole rings is 1. The number of nitrogens with one attached hydrogen (secondary N) is 1. The number of amides is 2. The number of hydrogen-bond donors (Lipinski definition) is 1. The van der Waals surface area contributed by atoms with E-state index in [2.05, 4.69) is 10.3 Å². The van der Waals surface area contributed by atoms with Crippen molar-refractivity contribution in [2.75, 3.05) is 11.9 Å². The zero-order valence-corrected chi connectivity index (χ0v) is 18.6. The van der Waals surface area contributed by atoms with E-state index in [1.54, 1.807) is 4.90 Å². The molecule has 0 saturated carbocycles. The average molecular weight is 422 g/mol. The lowest BCUT2D eigenvalue weighted by atomic mass is 9.88. The molecule has 0 fully saturated rings. The van der Waals surface area contributed by atoms with Crippen molar-refractivity contribution in [1.29, 1.82) is 0 Å². The molecule has 3 aromatic rings. The quantitative estimate of drug-likeness (QED) is 0.619. The van der Waals surface area contributed by atoms with E-state index < -0.39 is 11.5 Å². The standard InChI is InChI=1S/C24H27N3O2S/c1-17-16-30-23(25-17)26-20(28)15-27(24(2,3)4)22(29)21(18-11-7-5-8-12-18)19-13-9-6-10-14-19/h5-14,16,21H,15H2,1-4H3,(H,25,26,28). The summed E-state index contributed by atoms with van der Waals surface area (Å²) in [6, 6.07) is 19.4. The smallest absolute Gasteiger partial charge is 0.245 e. The van der Waals surface area contributed by atoms with E-state index in [1.165, 1.54) is 11.3 Å². The Bertz CT molecular complexity index is 955. The molecule has 0 spiro atoms. The van der Waals surface area contributed by atoms with Crippen LogP contribution in [0.2, 0.25) is 0 Å². The summed E-state index contributed by atoms with van der Waals surface area (Å²) in [6.45, 7) is 7.66. The maximum absolute atomic E-state index is 13.8. The minimum absolute atomic E-state index is 0.0445. The van der Waals surface area contributed by atoms with Crippen LogP contribution >= 0.6 is 11.3 Å². The summed E-state index contributed by atoms with van der Waals surface area (Å²) < 4.78 is 0. The first-order valence-corrected chi connectivity index (χ1v) is 10.8. The molecular formula is C24H27N3O2S. The lowest BCUT2D eigenvalue weighted by molar-refractivity contribution is -0.140. The van der Waals surface area contributed by atoms with Gasteiger partial charge < -0.3 is 10.2 Å². The highest BCUT2D eigenvalue weighted by Crippen LogP contribution is 2.29. The number of hydrogen-bond acceptors (Lipinski definition) is 4. The molecule has 0 bridgehead atoms. The summed E-state index contributed by atoms with van der Waals surface area (Å²) in [5, 5.41) is 5.23. The van der Waals surface area contributed by atoms with E-state index in [0.29, 0.717) is 5.13 Å². The molecule has 0 saturated heterocycles. The van der Waals surface area contributed by atoms with Crippen molar-refractivity contribution in [2.24, 2.45) is 0 Å². The number of nitrogens with zero attached hydrogens (tertiary/aromatic N) is 2. The fourth-order valence-corrected chi connectivity index (χ4v) is 3.99. The van der Waals surface area contributed by atoms with Gasteiger partial charge in [0.05, 0.1) is 11.6 Å². The van der Waals surface area contributed by atoms with E-state index in [4.69, 9.17) is 0 Å². The molecule has 0 aliphatic rings. The first kappa shape index (κ1) is 21.7. The largest absolute Gasteiger partial charge is 0.328 e. The summed E-state index contributed by atoms with van der Waals surface area (Å²) in [7, 11) is 0. The molecule has 1 aromatic heterocycles. The minimum Gasteiger partial charge on any atom is -0.328 e. The molecule has 2 aromatic carbocycles. The Balaban J connectivity index is 1.91. The predicted molar refractivity (Wildman–Crippen MR) is 122 cm³/mol. The molecule has 156 valence electrons. The second-order valence-corrected chi connectivity index (χ2v) is 9.05. The van der Waals surface area contributed by atoms with Crippen LogP contribution in [0.4, 0.5) is 5.13 Å². The predicted octanol–water partition coefficient (Wildman–Crippen LogP) is 4.85. The molecule has 30 heavy (non-hydrogen) atoms. The number of carbonyl (C=O) groups is 2. The fraction of sp³-hybridized carbons (Fsp3) is 0.292. The van der Waals surface area contributed by atoms with Gasteiger partial charge in [0.25, 0.3) is 0 Å². The molecule has 3 rings (SSSR count). The van der Waals surface area contributed by atoms with Crippen LogP contribution in [-0.4, -0.2) is 33.8 Å². The molecule has 0 aliphatic carbocycles. The van der Waals surface area contributed by atoms with Gasteiger partial charge in [0.1, 0.15) is 6.54 Å². The van der Waals surface area contributed by atoms with Crippen LogP contribution in [-0.2, 0) is 9.59 Å². The van der Waals surface area contributed by atoms with Gasteiger partial charge in [0.2, 0.25) is 11.8 Å². The van der Waals surface area contributed by atoms with Crippen LogP contribution in [0.15, 0.2) is 66.0 Å². The Labute approximate surface area is 181 Å². The molecule has 0 unspecified atom stereocenters. The van der Waals surface area contributed by atoms with Gasteiger partial charge >= 0.3 is 0 Å². The molecule has 1 N–H and O–H groups in total. The van der Waals surface area contributed by atoms with Gasteiger partial charge in [-0.15, -0.1) is 11.3 Å². The third-order valence-corrected chi connectivity index (χ3v) is 5.63. The third kappa shape index (κ3) is 5.33. The Hall–Kier alpha value is -2.99. The zero-order valence-electron chi connectivity index (χ0n) is 17.8. The number of anilines is 1. The maximum atomic E-state index is 13.8. The van der Waals surface area contributed by atoms with Crippen molar-refractivity contribution in [3.63, 3.8) is 0 Å². The average Bonchev–Trinajstić information content (AvgIpc) is 3.11. The molecule has 0 atom stereocenters. The molecular weight excluding hydrogens is 394 g/mol. The Morgan fingerprint density at radius 3 is 1.97 bits per heavy atom.